The predicted octanol–water partition coefficient (Wildman–Crippen LogP) is 5.74. The van der Waals surface area contributed by atoms with Crippen molar-refractivity contribution in [1.82, 2.24) is 15.1 Å². The molecule has 3 aromatic rings. The van der Waals surface area contributed by atoms with E-state index in [1.54, 1.807) is 30.3 Å². The number of amides is 3. The van der Waals surface area contributed by atoms with Crippen molar-refractivity contribution in [3.63, 3.8) is 0 Å². The third-order valence-corrected chi connectivity index (χ3v) is 6.35. The van der Waals surface area contributed by atoms with Gasteiger partial charge < -0.3 is 24.6 Å². The molecule has 0 bridgehead atoms. The van der Waals surface area contributed by atoms with Crippen molar-refractivity contribution in [3.05, 3.63) is 95.6 Å². The van der Waals surface area contributed by atoms with Crippen LogP contribution in [0.5, 0.6) is 11.5 Å². The molecule has 0 spiro atoms. The van der Waals surface area contributed by atoms with Crippen LogP contribution in [0.4, 0.5) is 31.1 Å². The largest absolute Gasteiger partial charge is 0.573 e. The Kier molecular flexibility index (Phi) is 9.97. The molecular weight excluding hydrogens is 568 g/mol. The van der Waals surface area contributed by atoms with E-state index in [2.05, 4.69) is 14.8 Å². The highest BCUT2D eigenvalue weighted by Gasteiger charge is 2.38. The van der Waals surface area contributed by atoms with Crippen LogP contribution < -0.4 is 14.8 Å². The summed E-state index contributed by atoms with van der Waals surface area (Å²) >= 11 is 0. The molecule has 3 rings (SSSR count). The van der Waals surface area contributed by atoms with Gasteiger partial charge >= 0.3 is 18.8 Å². The maximum absolute atomic E-state index is 13.1. The Hall–Kier alpha value is -4.42. The fourth-order valence-electron chi connectivity index (χ4n) is 4.34. The van der Waals surface area contributed by atoms with Crippen molar-refractivity contribution in [2.45, 2.75) is 24.6 Å². The first-order valence-corrected chi connectivity index (χ1v) is 12.5. The highest BCUT2D eigenvalue weighted by atomic mass is 19.4. The first-order valence-electron chi connectivity index (χ1n) is 12.5. The van der Waals surface area contributed by atoms with Gasteiger partial charge in [0.15, 0.2) is 0 Å². The second-order valence-electron chi connectivity index (χ2n) is 9.70. The minimum absolute atomic E-state index is 0.0411. The Morgan fingerprint density at radius 1 is 0.738 bits per heavy atom. The van der Waals surface area contributed by atoms with Gasteiger partial charge in [0.05, 0.1) is 0 Å². The molecule has 7 nitrogen and oxygen atoms in total. The smallest absolute Gasteiger partial charge is 0.406 e. The number of rotatable bonds is 10. The van der Waals surface area contributed by atoms with Crippen molar-refractivity contribution in [2.75, 3.05) is 34.2 Å². The topological polar surface area (TPSA) is 71.1 Å². The molecule has 3 aromatic carbocycles. The summed E-state index contributed by atoms with van der Waals surface area (Å²) in [4.78, 5) is 27.6. The van der Waals surface area contributed by atoms with Crippen LogP contribution in [0, 0.1) is 0 Å². The van der Waals surface area contributed by atoms with Crippen molar-refractivity contribution < 1.29 is 45.4 Å². The zero-order valence-corrected chi connectivity index (χ0v) is 22.9. The molecule has 0 atom stereocenters. The van der Waals surface area contributed by atoms with Crippen LogP contribution >= 0.6 is 0 Å². The second-order valence-corrected chi connectivity index (χ2v) is 9.70. The van der Waals surface area contributed by atoms with Gasteiger partial charge in [-0.25, -0.2) is 4.79 Å². The van der Waals surface area contributed by atoms with Crippen LogP contribution in [-0.4, -0.2) is 68.7 Å². The molecule has 0 heterocycles. The summed E-state index contributed by atoms with van der Waals surface area (Å²) in [5.41, 5.74) is -0.333. The molecule has 0 aliphatic carbocycles. The number of nitrogens with one attached hydrogen (secondary N) is 1. The monoisotopic (exact) mass is 597 g/mol. The van der Waals surface area contributed by atoms with Crippen molar-refractivity contribution in [1.29, 1.82) is 0 Å². The number of carbonyl (C=O) groups is 2. The predicted molar refractivity (Wildman–Crippen MR) is 142 cm³/mol. The van der Waals surface area contributed by atoms with Gasteiger partial charge in [-0.2, -0.15) is 0 Å². The first kappa shape index (κ1) is 32.1. The van der Waals surface area contributed by atoms with Crippen LogP contribution in [-0.2, 0) is 16.6 Å². The quantitative estimate of drug-likeness (QED) is 0.303. The van der Waals surface area contributed by atoms with Crippen LogP contribution in [0.2, 0.25) is 0 Å². The van der Waals surface area contributed by atoms with E-state index in [0.717, 1.165) is 29.2 Å². The van der Waals surface area contributed by atoms with Crippen LogP contribution in [0.3, 0.4) is 0 Å². The summed E-state index contributed by atoms with van der Waals surface area (Å²) < 4.78 is 87.0. The maximum atomic E-state index is 13.1. The standard InChI is InChI=1S/C29H29F6N3O4/c1-37(2)25(39)18-38(3)26(40)36-19-27(17-20-9-5-4-6-10-20,21-11-7-13-23(15-21)41-28(30,31)32)22-12-8-14-24(16-22)42-29(33,34)35/h4-16H,17-19H2,1-3H3,(H,36,40). The van der Waals surface area contributed by atoms with Gasteiger partial charge in [0.1, 0.15) is 18.0 Å². The molecule has 0 fully saturated rings. The third kappa shape index (κ3) is 9.05. The molecule has 0 radical (unpaired) electrons. The maximum Gasteiger partial charge on any atom is 0.573 e. The van der Waals surface area contributed by atoms with Crippen molar-refractivity contribution in [2.24, 2.45) is 0 Å². The Labute approximate surface area is 238 Å². The van der Waals surface area contributed by atoms with Gasteiger partial charge in [-0.15, -0.1) is 26.3 Å². The highest BCUT2D eigenvalue weighted by Crippen LogP contribution is 2.40. The van der Waals surface area contributed by atoms with E-state index in [4.69, 9.17) is 0 Å². The normalized spacial score (nSPS) is 11.9. The average Bonchev–Trinajstić information content (AvgIpc) is 2.89. The number of hydrogen-bond donors (Lipinski definition) is 1. The Bertz CT molecular complexity index is 1300. The van der Waals surface area contributed by atoms with Gasteiger partial charge in [0, 0.05) is 33.1 Å². The summed E-state index contributed by atoms with van der Waals surface area (Å²) in [7, 11) is 4.42. The van der Waals surface area contributed by atoms with E-state index >= 15 is 0 Å². The lowest BCUT2D eigenvalue weighted by Crippen LogP contribution is -2.49. The Morgan fingerprint density at radius 2 is 1.24 bits per heavy atom. The van der Waals surface area contributed by atoms with Crippen LogP contribution in [0.15, 0.2) is 78.9 Å². The fraction of sp³-hybridized carbons (Fsp3) is 0.310. The molecule has 0 saturated heterocycles. The summed E-state index contributed by atoms with van der Waals surface area (Å²) in [5, 5.41) is 2.71. The number of urea groups is 1. The molecule has 1 N–H and O–H groups in total. The van der Waals surface area contributed by atoms with E-state index in [0.29, 0.717) is 5.56 Å². The van der Waals surface area contributed by atoms with E-state index < -0.39 is 35.7 Å². The number of halogens is 6. The third-order valence-electron chi connectivity index (χ3n) is 6.35. The minimum atomic E-state index is -5.00. The van der Waals surface area contributed by atoms with Crippen molar-refractivity contribution >= 4 is 11.9 Å². The molecule has 42 heavy (non-hydrogen) atoms. The second kappa shape index (κ2) is 13.0. The first-order chi connectivity index (χ1) is 19.6. The lowest BCUT2D eigenvalue weighted by Gasteiger charge is -2.37. The van der Waals surface area contributed by atoms with Gasteiger partial charge in [-0.3, -0.25) is 4.79 Å². The summed E-state index contributed by atoms with van der Waals surface area (Å²) in [6, 6.07) is 18.0. The zero-order valence-electron chi connectivity index (χ0n) is 22.9. The van der Waals surface area contributed by atoms with Gasteiger partial charge in [-0.1, -0.05) is 54.6 Å². The molecular formula is C29H29F6N3O4. The average molecular weight is 598 g/mol. The van der Waals surface area contributed by atoms with Gasteiger partial charge in [0.25, 0.3) is 0 Å². The highest BCUT2D eigenvalue weighted by molar-refractivity contribution is 5.83. The molecule has 0 aliphatic rings. The molecule has 3 amide bonds. The van der Waals surface area contributed by atoms with E-state index in [9.17, 15) is 35.9 Å². The number of hydrogen-bond acceptors (Lipinski definition) is 4. The number of alkyl halides is 6. The fourth-order valence-corrected chi connectivity index (χ4v) is 4.34. The van der Waals surface area contributed by atoms with Crippen LogP contribution in [0.1, 0.15) is 16.7 Å². The number of carbonyl (C=O) groups excluding carboxylic acids is 2. The zero-order chi connectivity index (χ0) is 31.1. The molecule has 13 heteroatoms. The van der Waals surface area contributed by atoms with Crippen LogP contribution in [0.25, 0.3) is 0 Å². The number of likely N-dealkylation sites (N-methyl/N-ethyl adjacent to an activating group) is 2. The number of nitrogens with zero attached hydrogens (tertiary/aromatic N) is 2. The molecule has 0 unspecified atom stereocenters. The lowest BCUT2D eigenvalue weighted by atomic mass is 9.70. The van der Waals surface area contributed by atoms with E-state index in [1.165, 1.54) is 50.3 Å². The van der Waals surface area contributed by atoms with E-state index in [-0.39, 0.29) is 36.5 Å². The summed E-state index contributed by atoms with van der Waals surface area (Å²) in [6.45, 7) is -0.555. The summed E-state index contributed by atoms with van der Waals surface area (Å²) in [6.07, 6.45) is -9.96. The molecule has 226 valence electrons. The van der Waals surface area contributed by atoms with E-state index in [1.807, 2.05) is 0 Å². The molecule has 0 aliphatic heterocycles. The van der Waals surface area contributed by atoms with Gasteiger partial charge in [0.2, 0.25) is 5.91 Å². The molecule has 0 aromatic heterocycles. The number of ether oxygens (including phenoxy) is 2. The Morgan fingerprint density at radius 3 is 1.69 bits per heavy atom. The SMILES string of the molecule is CN(C)C(=O)CN(C)C(=O)NCC(Cc1ccccc1)(c1cccc(OC(F)(F)F)c1)c1cccc(OC(F)(F)F)c1. The molecule has 0 saturated carbocycles. The van der Waals surface area contributed by atoms with Crippen molar-refractivity contribution in [3.8, 4) is 11.5 Å². The summed E-state index contributed by atoms with van der Waals surface area (Å²) in [5.74, 6) is -1.47. The number of benzene rings is 3. The van der Waals surface area contributed by atoms with Gasteiger partial charge in [-0.05, 0) is 47.4 Å². The lowest BCUT2D eigenvalue weighted by molar-refractivity contribution is -0.275. The Balaban J connectivity index is 2.17. The minimum Gasteiger partial charge on any atom is -0.406 e.